The van der Waals surface area contributed by atoms with Crippen molar-refractivity contribution in [2.24, 2.45) is 0 Å². The lowest BCUT2D eigenvalue weighted by Crippen LogP contribution is -2.05. The molecule has 3 heteroatoms. The average Bonchev–Trinajstić information content (AvgIpc) is 2.25. The minimum atomic E-state index is -0.304. The average molecular weight is 211 g/mol. The highest BCUT2D eigenvalue weighted by atomic mass is 19.1. The van der Waals surface area contributed by atoms with E-state index in [-0.39, 0.29) is 11.7 Å². The summed E-state index contributed by atoms with van der Waals surface area (Å²) in [6.07, 6.45) is 0. The molecule has 1 aromatic carbocycles. The van der Waals surface area contributed by atoms with Crippen LogP contribution < -0.4 is 0 Å². The summed E-state index contributed by atoms with van der Waals surface area (Å²) in [5, 5.41) is 7.41. The van der Waals surface area contributed by atoms with Crippen LogP contribution in [-0.2, 0) is 4.74 Å². The zero-order chi connectivity index (χ0) is 11.8. The van der Waals surface area contributed by atoms with Gasteiger partial charge in [-0.1, -0.05) is 19.9 Å². The fraction of sp³-hybridized carbons (Fsp3) is 0.417. The van der Waals surface area contributed by atoms with Gasteiger partial charge in [0.1, 0.15) is 5.82 Å². The van der Waals surface area contributed by atoms with Gasteiger partial charge in [-0.25, -0.2) is 4.39 Å². The highest BCUT2D eigenvalue weighted by molar-refractivity contribution is 5.91. The molecule has 0 fully saturated rings. The SMILES string of the molecule is CC.CCOC(=N)c1ccc(C)c(F)c1. The number of nitrogens with one attached hydrogen (secondary N) is 1. The van der Waals surface area contributed by atoms with Crippen molar-refractivity contribution in [2.75, 3.05) is 6.61 Å². The van der Waals surface area contributed by atoms with Gasteiger partial charge in [0.2, 0.25) is 5.90 Å². The highest BCUT2D eigenvalue weighted by Crippen LogP contribution is 2.09. The summed E-state index contributed by atoms with van der Waals surface area (Å²) in [4.78, 5) is 0. The second-order valence-corrected chi connectivity index (χ2v) is 2.73. The topological polar surface area (TPSA) is 33.1 Å². The number of benzene rings is 1. The summed E-state index contributed by atoms with van der Waals surface area (Å²) in [6, 6.07) is 4.63. The van der Waals surface area contributed by atoms with Crippen LogP contribution in [0.2, 0.25) is 0 Å². The van der Waals surface area contributed by atoms with E-state index < -0.39 is 0 Å². The van der Waals surface area contributed by atoms with Crippen LogP contribution in [0, 0.1) is 18.2 Å². The standard InChI is InChI=1S/C10H12FNO.C2H6/c1-3-13-10(12)8-5-4-7(2)9(11)6-8;1-2/h4-6,12H,3H2,1-2H3;1-2H3. The molecule has 15 heavy (non-hydrogen) atoms. The van der Waals surface area contributed by atoms with E-state index >= 15 is 0 Å². The van der Waals surface area contributed by atoms with Gasteiger partial charge in [0.15, 0.2) is 0 Å². The molecule has 1 rings (SSSR count). The van der Waals surface area contributed by atoms with Crippen molar-refractivity contribution in [3.8, 4) is 0 Å². The normalized spacial score (nSPS) is 8.87. The van der Waals surface area contributed by atoms with Gasteiger partial charge in [-0.05, 0) is 31.5 Å². The number of ether oxygens (including phenoxy) is 1. The Labute approximate surface area is 90.6 Å². The zero-order valence-corrected chi connectivity index (χ0v) is 9.73. The molecular formula is C12H18FNO. The molecule has 84 valence electrons. The summed E-state index contributed by atoms with van der Waals surface area (Å²) in [5.74, 6) is -0.289. The zero-order valence-electron chi connectivity index (χ0n) is 9.73. The number of hydrogen-bond donors (Lipinski definition) is 1. The van der Waals surface area contributed by atoms with Crippen molar-refractivity contribution in [3.63, 3.8) is 0 Å². The van der Waals surface area contributed by atoms with Gasteiger partial charge in [0.25, 0.3) is 0 Å². The summed E-state index contributed by atoms with van der Waals surface area (Å²) in [7, 11) is 0. The van der Waals surface area contributed by atoms with Crippen molar-refractivity contribution in [3.05, 3.63) is 35.1 Å². The molecule has 0 aliphatic rings. The van der Waals surface area contributed by atoms with Crippen LogP contribution in [0.15, 0.2) is 18.2 Å². The molecule has 0 spiro atoms. The molecule has 0 aliphatic heterocycles. The summed E-state index contributed by atoms with van der Waals surface area (Å²) in [6.45, 7) is 7.90. The van der Waals surface area contributed by atoms with Crippen LogP contribution in [-0.4, -0.2) is 12.5 Å². The van der Waals surface area contributed by atoms with Crippen LogP contribution in [0.25, 0.3) is 0 Å². The molecule has 0 saturated heterocycles. The second-order valence-electron chi connectivity index (χ2n) is 2.73. The predicted octanol–water partition coefficient (Wildman–Crippen LogP) is 3.52. The Hall–Kier alpha value is -1.38. The van der Waals surface area contributed by atoms with Crippen molar-refractivity contribution < 1.29 is 9.13 Å². The van der Waals surface area contributed by atoms with Crippen molar-refractivity contribution >= 4 is 5.90 Å². The maximum atomic E-state index is 13.0. The first-order chi connectivity index (χ1) is 7.15. The maximum absolute atomic E-state index is 13.0. The van der Waals surface area contributed by atoms with E-state index in [4.69, 9.17) is 10.1 Å². The smallest absolute Gasteiger partial charge is 0.213 e. The maximum Gasteiger partial charge on any atom is 0.213 e. The molecule has 0 amide bonds. The Bertz CT molecular complexity index is 323. The lowest BCUT2D eigenvalue weighted by Gasteiger charge is -2.05. The predicted molar refractivity (Wildman–Crippen MR) is 60.9 cm³/mol. The van der Waals surface area contributed by atoms with Crippen molar-refractivity contribution in [1.82, 2.24) is 0 Å². The monoisotopic (exact) mass is 211 g/mol. The summed E-state index contributed by atoms with van der Waals surface area (Å²) in [5.41, 5.74) is 1.05. The minimum Gasteiger partial charge on any atom is -0.478 e. The van der Waals surface area contributed by atoms with Gasteiger partial charge >= 0.3 is 0 Å². The molecule has 1 N–H and O–H groups in total. The molecule has 0 aliphatic carbocycles. The van der Waals surface area contributed by atoms with E-state index in [1.807, 2.05) is 13.8 Å². The Morgan fingerprint density at radius 3 is 2.47 bits per heavy atom. The van der Waals surface area contributed by atoms with Crippen LogP contribution in [0.4, 0.5) is 4.39 Å². The molecule has 0 radical (unpaired) electrons. The van der Waals surface area contributed by atoms with Gasteiger partial charge in [0.05, 0.1) is 6.61 Å². The van der Waals surface area contributed by atoms with Crippen LogP contribution in [0.1, 0.15) is 31.9 Å². The largest absolute Gasteiger partial charge is 0.478 e. The van der Waals surface area contributed by atoms with E-state index in [2.05, 4.69) is 0 Å². The fourth-order valence-corrected chi connectivity index (χ4v) is 0.962. The van der Waals surface area contributed by atoms with Gasteiger partial charge in [-0.3, -0.25) is 5.41 Å². The van der Waals surface area contributed by atoms with E-state index in [9.17, 15) is 4.39 Å². The van der Waals surface area contributed by atoms with Crippen molar-refractivity contribution in [2.45, 2.75) is 27.7 Å². The Kier molecular flexibility index (Phi) is 6.34. The highest BCUT2D eigenvalue weighted by Gasteiger charge is 2.04. The van der Waals surface area contributed by atoms with E-state index in [1.165, 1.54) is 6.07 Å². The third-order valence-corrected chi connectivity index (χ3v) is 1.72. The second kappa shape index (κ2) is 6.98. The lowest BCUT2D eigenvalue weighted by atomic mass is 10.1. The van der Waals surface area contributed by atoms with Crippen molar-refractivity contribution in [1.29, 1.82) is 5.41 Å². The Morgan fingerprint density at radius 2 is 2.00 bits per heavy atom. The van der Waals surface area contributed by atoms with E-state index in [0.29, 0.717) is 17.7 Å². The number of hydrogen-bond acceptors (Lipinski definition) is 2. The third-order valence-electron chi connectivity index (χ3n) is 1.72. The first-order valence-electron chi connectivity index (χ1n) is 5.13. The number of rotatable bonds is 2. The number of halogens is 1. The fourth-order valence-electron chi connectivity index (χ4n) is 0.962. The molecule has 0 atom stereocenters. The molecule has 0 heterocycles. The third kappa shape index (κ3) is 4.11. The van der Waals surface area contributed by atoms with Crippen LogP contribution >= 0.6 is 0 Å². The molecule has 0 aromatic heterocycles. The molecule has 1 aromatic rings. The summed E-state index contributed by atoms with van der Waals surface area (Å²) < 4.78 is 18.0. The molecule has 0 unspecified atom stereocenters. The quantitative estimate of drug-likeness (QED) is 0.589. The minimum absolute atomic E-state index is 0.0152. The molecular weight excluding hydrogens is 193 g/mol. The van der Waals surface area contributed by atoms with E-state index in [1.54, 1.807) is 26.0 Å². The molecule has 2 nitrogen and oxygen atoms in total. The Morgan fingerprint density at radius 1 is 1.40 bits per heavy atom. The van der Waals surface area contributed by atoms with Gasteiger partial charge in [0, 0.05) is 5.56 Å². The first-order valence-corrected chi connectivity index (χ1v) is 5.13. The van der Waals surface area contributed by atoms with Gasteiger partial charge < -0.3 is 4.74 Å². The lowest BCUT2D eigenvalue weighted by molar-refractivity contribution is 0.325. The summed E-state index contributed by atoms with van der Waals surface area (Å²) >= 11 is 0. The molecule has 0 bridgehead atoms. The van der Waals surface area contributed by atoms with Crippen LogP contribution in [0.5, 0.6) is 0 Å². The van der Waals surface area contributed by atoms with Crippen LogP contribution in [0.3, 0.4) is 0 Å². The Balaban J connectivity index is 0.000000921. The van der Waals surface area contributed by atoms with Gasteiger partial charge in [-0.15, -0.1) is 0 Å². The number of aryl methyl sites for hydroxylation is 1. The first kappa shape index (κ1) is 13.6. The van der Waals surface area contributed by atoms with E-state index in [0.717, 1.165) is 0 Å². The molecule has 0 saturated carbocycles. The van der Waals surface area contributed by atoms with Gasteiger partial charge in [-0.2, -0.15) is 0 Å².